The molecule has 0 bridgehead atoms. The average molecular weight is 341 g/mol. The summed E-state index contributed by atoms with van der Waals surface area (Å²) >= 11 is 0. The molecule has 0 saturated heterocycles. The highest BCUT2D eigenvalue weighted by atomic mass is 16.5. The molecule has 2 amide bonds. The summed E-state index contributed by atoms with van der Waals surface area (Å²) < 4.78 is 5.09. The first-order valence-electron chi connectivity index (χ1n) is 7.99. The van der Waals surface area contributed by atoms with Crippen molar-refractivity contribution in [3.05, 3.63) is 59.7 Å². The second-order valence-corrected chi connectivity index (χ2v) is 5.69. The fourth-order valence-corrected chi connectivity index (χ4v) is 2.23. The minimum Gasteiger partial charge on any atom is -0.497 e. The third-order valence-corrected chi connectivity index (χ3v) is 3.67. The summed E-state index contributed by atoms with van der Waals surface area (Å²) in [5.41, 5.74) is 2.14. The second kappa shape index (κ2) is 8.73. The molecule has 6 heteroatoms. The Morgan fingerprint density at radius 2 is 1.52 bits per heavy atom. The Hall–Kier alpha value is -3.02. The van der Waals surface area contributed by atoms with E-state index in [9.17, 15) is 9.59 Å². The molecule has 2 rings (SSSR count). The predicted octanol–water partition coefficient (Wildman–Crippen LogP) is 1.92. The first-order chi connectivity index (χ1) is 12.0. The van der Waals surface area contributed by atoms with Crippen molar-refractivity contribution < 1.29 is 14.3 Å². The Labute approximate surface area is 147 Å². The van der Waals surface area contributed by atoms with Crippen molar-refractivity contribution in [2.75, 3.05) is 39.2 Å². The van der Waals surface area contributed by atoms with Gasteiger partial charge in [-0.1, -0.05) is 6.07 Å². The number of anilines is 1. The van der Waals surface area contributed by atoms with Gasteiger partial charge in [0, 0.05) is 44.0 Å². The highest BCUT2D eigenvalue weighted by Crippen LogP contribution is 2.13. The Kier molecular flexibility index (Phi) is 6.39. The fourth-order valence-electron chi connectivity index (χ4n) is 2.23. The minimum absolute atomic E-state index is 0.166. The molecular weight excluding hydrogens is 318 g/mol. The lowest BCUT2D eigenvalue weighted by Crippen LogP contribution is -2.34. The number of methoxy groups -OCH3 is 1. The molecule has 2 aromatic rings. The van der Waals surface area contributed by atoms with Crippen LogP contribution in [0.4, 0.5) is 5.69 Å². The highest BCUT2D eigenvalue weighted by Gasteiger charge is 2.08. The topological polar surface area (TPSA) is 70.7 Å². The lowest BCUT2D eigenvalue weighted by molar-refractivity contribution is 0.0927. The highest BCUT2D eigenvalue weighted by molar-refractivity contribution is 5.95. The number of nitrogens with zero attached hydrogens (tertiary/aromatic N) is 1. The molecule has 25 heavy (non-hydrogen) atoms. The first kappa shape index (κ1) is 18.3. The van der Waals surface area contributed by atoms with Crippen molar-refractivity contribution >= 4 is 17.5 Å². The van der Waals surface area contributed by atoms with Crippen LogP contribution in [0.3, 0.4) is 0 Å². The third-order valence-electron chi connectivity index (χ3n) is 3.67. The maximum Gasteiger partial charge on any atom is 0.251 e. The van der Waals surface area contributed by atoms with Gasteiger partial charge in [-0.2, -0.15) is 0 Å². The Morgan fingerprint density at radius 3 is 2.08 bits per heavy atom. The summed E-state index contributed by atoms with van der Waals surface area (Å²) in [5.74, 6) is 0.256. The average Bonchev–Trinajstić information content (AvgIpc) is 2.64. The van der Waals surface area contributed by atoms with Crippen LogP contribution in [0, 0.1) is 0 Å². The Bertz CT molecular complexity index is 727. The van der Waals surface area contributed by atoms with Crippen LogP contribution >= 0.6 is 0 Å². The van der Waals surface area contributed by atoms with E-state index in [1.165, 1.54) is 0 Å². The number of benzene rings is 2. The standard InChI is InChI=1S/C19H23N3O3/c1-22(2)16-9-7-14(8-10-16)18(23)20-11-12-21-19(24)15-5-4-6-17(13-15)25-3/h4-10,13H,11-12H2,1-3H3,(H,20,23)(H,21,24). The Balaban J connectivity index is 1.78. The normalized spacial score (nSPS) is 10.0. The molecule has 6 nitrogen and oxygen atoms in total. The maximum absolute atomic E-state index is 12.1. The number of rotatable bonds is 7. The van der Waals surface area contributed by atoms with Crippen LogP contribution < -0.4 is 20.3 Å². The first-order valence-corrected chi connectivity index (χ1v) is 7.99. The molecule has 2 aromatic carbocycles. The molecule has 0 spiro atoms. The van der Waals surface area contributed by atoms with Crippen molar-refractivity contribution in [1.29, 1.82) is 0 Å². The summed E-state index contributed by atoms with van der Waals surface area (Å²) in [4.78, 5) is 26.1. The monoisotopic (exact) mass is 341 g/mol. The second-order valence-electron chi connectivity index (χ2n) is 5.69. The molecule has 0 unspecified atom stereocenters. The van der Waals surface area contributed by atoms with Gasteiger partial charge in [-0.25, -0.2) is 0 Å². The molecule has 0 atom stereocenters. The number of nitrogens with one attached hydrogen (secondary N) is 2. The van der Waals surface area contributed by atoms with E-state index in [0.717, 1.165) is 5.69 Å². The van der Waals surface area contributed by atoms with Crippen LogP contribution in [0.1, 0.15) is 20.7 Å². The molecule has 0 saturated carbocycles. The molecular formula is C19H23N3O3. The van der Waals surface area contributed by atoms with Gasteiger partial charge in [0.15, 0.2) is 0 Å². The molecule has 0 aliphatic carbocycles. The van der Waals surface area contributed by atoms with Gasteiger partial charge in [0.05, 0.1) is 7.11 Å². The van der Waals surface area contributed by atoms with Crippen molar-refractivity contribution in [3.63, 3.8) is 0 Å². The van der Waals surface area contributed by atoms with E-state index < -0.39 is 0 Å². The zero-order valence-electron chi connectivity index (χ0n) is 14.7. The van der Waals surface area contributed by atoms with Crippen LogP contribution in [-0.4, -0.2) is 46.1 Å². The van der Waals surface area contributed by atoms with E-state index in [1.54, 1.807) is 43.5 Å². The minimum atomic E-state index is -0.205. The predicted molar refractivity (Wildman–Crippen MR) is 98.4 cm³/mol. The van der Waals surface area contributed by atoms with E-state index in [-0.39, 0.29) is 11.8 Å². The molecule has 0 fully saturated rings. The zero-order chi connectivity index (χ0) is 18.2. The van der Waals surface area contributed by atoms with Crippen molar-refractivity contribution in [3.8, 4) is 5.75 Å². The van der Waals surface area contributed by atoms with Gasteiger partial charge < -0.3 is 20.3 Å². The SMILES string of the molecule is COc1cccc(C(=O)NCCNC(=O)c2ccc(N(C)C)cc2)c1. The quantitative estimate of drug-likeness (QED) is 0.755. The summed E-state index contributed by atoms with van der Waals surface area (Å²) in [6, 6.07) is 14.2. The molecule has 0 heterocycles. The zero-order valence-corrected chi connectivity index (χ0v) is 14.7. The maximum atomic E-state index is 12.1. The van der Waals surface area contributed by atoms with Crippen LogP contribution in [0.15, 0.2) is 48.5 Å². The van der Waals surface area contributed by atoms with Crippen molar-refractivity contribution in [1.82, 2.24) is 10.6 Å². The molecule has 132 valence electrons. The lowest BCUT2D eigenvalue weighted by atomic mass is 10.2. The smallest absolute Gasteiger partial charge is 0.251 e. The van der Waals surface area contributed by atoms with E-state index in [1.807, 2.05) is 31.1 Å². The third kappa shape index (κ3) is 5.24. The van der Waals surface area contributed by atoms with E-state index in [4.69, 9.17) is 4.74 Å². The van der Waals surface area contributed by atoms with Gasteiger partial charge >= 0.3 is 0 Å². The lowest BCUT2D eigenvalue weighted by Gasteiger charge is -2.12. The molecule has 0 aromatic heterocycles. The number of hydrogen-bond acceptors (Lipinski definition) is 4. The Morgan fingerprint density at radius 1 is 0.920 bits per heavy atom. The number of hydrogen-bond donors (Lipinski definition) is 2. The van der Waals surface area contributed by atoms with Gasteiger partial charge in [-0.3, -0.25) is 9.59 Å². The van der Waals surface area contributed by atoms with Gasteiger partial charge in [0.2, 0.25) is 0 Å². The summed E-state index contributed by atoms with van der Waals surface area (Å²) in [6.07, 6.45) is 0. The molecule has 0 aliphatic heterocycles. The van der Waals surface area contributed by atoms with Crippen LogP contribution in [0.2, 0.25) is 0 Å². The van der Waals surface area contributed by atoms with E-state index in [0.29, 0.717) is 30.0 Å². The largest absolute Gasteiger partial charge is 0.497 e. The molecule has 0 radical (unpaired) electrons. The summed E-state index contributed by atoms with van der Waals surface area (Å²) in [5, 5.41) is 5.55. The van der Waals surface area contributed by atoms with Crippen LogP contribution in [0.5, 0.6) is 5.75 Å². The summed E-state index contributed by atoms with van der Waals surface area (Å²) in [7, 11) is 5.44. The van der Waals surface area contributed by atoms with Gasteiger partial charge in [0.25, 0.3) is 11.8 Å². The van der Waals surface area contributed by atoms with Crippen LogP contribution in [0.25, 0.3) is 0 Å². The van der Waals surface area contributed by atoms with Gasteiger partial charge in [-0.05, 0) is 42.5 Å². The van der Waals surface area contributed by atoms with Crippen molar-refractivity contribution in [2.24, 2.45) is 0 Å². The molecule has 0 aliphatic rings. The number of ether oxygens (including phenoxy) is 1. The van der Waals surface area contributed by atoms with E-state index >= 15 is 0 Å². The van der Waals surface area contributed by atoms with Gasteiger partial charge in [0.1, 0.15) is 5.75 Å². The number of carbonyl (C=O) groups excluding carboxylic acids is 2. The summed E-state index contributed by atoms with van der Waals surface area (Å²) in [6.45, 7) is 0.696. The van der Waals surface area contributed by atoms with Crippen molar-refractivity contribution in [2.45, 2.75) is 0 Å². The van der Waals surface area contributed by atoms with Crippen LogP contribution in [-0.2, 0) is 0 Å². The number of amides is 2. The number of carbonyl (C=O) groups is 2. The van der Waals surface area contributed by atoms with E-state index in [2.05, 4.69) is 10.6 Å². The molecule has 2 N–H and O–H groups in total. The van der Waals surface area contributed by atoms with Gasteiger partial charge in [-0.15, -0.1) is 0 Å². The fraction of sp³-hybridized carbons (Fsp3) is 0.263.